The number of nitrogens with zero attached hydrogens (tertiary/aromatic N) is 4. The lowest BCUT2D eigenvalue weighted by atomic mass is 10.2. The molecule has 3 heterocycles. The van der Waals surface area contributed by atoms with Crippen LogP contribution in [0, 0.1) is 11.6 Å². The van der Waals surface area contributed by atoms with E-state index >= 15 is 0 Å². The van der Waals surface area contributed by atoms with Crippen molar-refractivity contribution in [1.29, 1.82) is 0 Å². The first-order valence-electron chi connectivity index (χ1n) is 13.6. The number of carbonyl (C=O) groups is 1. The number of fused-ring (bicyclic) bond motifs is 1. The molecule has 0 saturated carbocycles. The third-order valence-corrected chi connectivity index (χ3v) is 6.69. The normalized spacial score (nSPS) is 13.5. The third kappa shape index (κ3) is 7.31. The molecule has 2 N–H and O–H groups in total. The number of hydrogen-bond acceptors (Lipinski definition) is 9. The number of amides is 1. The lowest BCUT2D eigenvalue weighted by Gasteiger charge is -2.26. The molecule has 0 spiro atoms. The highest BCUT2D eigenvalue weighted by molar-refractivity contribution is 5.99. The zero-order chi connectivity index (χ0) is 30.3. The van der Waals surface area contributed by atoms with Gasteiger partial charge in [-0.1, -0.05) is 6.58 Å². The van der Waals surface area contributed by atoms with Crippen molar-refractivity contribution in [3.63, 3.8) is 0 Å². The molecule has 0 radical (unpaired) electrons. The van der Waals surface area contributed by atoms with Gasteiger partial charge < -0.3 is 24.8 Å². The summed E-state index contributed by atoms with van der Waals surface area (Å²) in [5.74, 6) is -1.88. The van der Waals surface area contributed by atoms with E-state index in [1.807, 2.05) is 0 Å². The molecular formula is C30H30F2N6O5. The summed E-state index contributed by atoms with van der Waals surface area (Å²) in [5.41, 5.74) is 0.679. The van der Waals surface area contributed by atoms with Gasteiger partial charge >= 0.3 is 0 Å². The summed E-state index contributed by atoms with van der Waals surface area (Å²) >= 11 is 0. The van der Waals surface area contributed by atoms with Crippen LogP contribution in [0.2, 0.25) is 0 Å². The molecule has 224 valence electrons. The number of carbonyl (C=O) groups excluding carboxylic acids is 1. The van der Waals surface area contributed by atoms with Crippen molar-refractivity contribution in [2.45, 2.75) is 6.42 Å². The third-order valence-electron chi connectivity index (χ3n) is 6.69. The number of benzene rings is 2. The lowest BCUT2D eigenvalue weighted by molar-refractivity contribution is -0.111. The van der Waals surface area contributed by atoms with Crippen LogP contribution in [0.25, 0.3) is 11.0 Å². The number of nitrogens with one attached hydrogen (secondary N) is 2. The number of rotatable bonds is 11. The molecule has 11 nitrogen and oxygen atoms in total. The first kappa shape index (κ1) is 29.6. The molecule has 5 rings (SSSR count). The second-order valence-electron chi connectivity index (χ2n) is 9.71. The molecule has 0 unspecified atom stereocenters. The first-order chi connectivity index (χ1) is 20.8. The van der Waals surface area contributed by atoms with Crippen molar-refractivity contribution in [2.24, 2.45) is 7.05 Å². The van der Waals surface area contributed by atoms with Crippen LogP contribution in [0.15, 0.2) is 66.1 Å². The molecule has 2 aromatic carbocycles. The Labute approximate surface area is 245 Å². The molecule has 1 aliphatic heterocycles. The number of aromatic nitrogens is 3. The summed E-state index contributed by atoms with van der Waals surface area (Å²) in [4.78, 5) is 36.1. The lowest BCUT2D eigenvalue weighted by Crippen LogP contribution is -2.37. The van der Waals surface area contributed by atoms with E-state index in [2.05, 4.69) is 32.1 Å². The predicted molar refractivity (Wildman–Crippen MR) is 157 cm³/mol. The zero-order valence-electron chi connectivity index (χ0n) is 23.4. The van der Waals surface area contributed by atoms with Gasteiger partial charge in [-0.05, 0) is 48.9 Å². The number of hydrogen-bond donors (Lipinski definition) is 2. The van der Waals surface area contributed by atoms with Crippen LogP contribution in [0.3, 0.4) is 0 Å². The SMILES string of the molecule is C=CC(=O)Nc1ccc(OCCCN2CCOCC2)c(Nc2ncc3cc(Oc4ccc(F)cc4F)c(=O)n(C)c3n2)c1. The van der Waals surface area contributed by atoms with Crippen LogP contribution < -0.4 is 25.7 Å². The van der Waals surface area contributed by atoms with Crippen molar-refractivity contribution >= 4 is 34.3 Å². The molecule has 1 amide bonds. The van der Waals surface area contributed by atoms with Gasteiger partial charge in [0.1, 0.15) is 17.2 Å². The molecule has 43 heavy (non-hydrogen) atoms. The van der Waals surface area contributed by atoms with Crippen LogP contribution >= 0.6 is 0 Å². The fourth-order valence-corrected chi connectivity index (χ4v) is 4.47. The molecular weight excluding hydrogens is 562 g/mol. The summed E-state index contributed by atoms with van der Waals surface area (Å²) in [5, 5.41) is 6.27. The molecule has 0 bridgehead atoms. The van der Waals surface area contributed by atoms with E-state index in [0.717, 1.165) is 51.4 Å². The molecule has 13 heteroatoms. The summed E-state index contributed by atoms with van der Waals surface area (Å²) in [6.07, 6.45) is 3.44. The van der Waals surface area contributed by atoms with Gasteiger partial charge in [-0.25, -0.2) is 13.8 Å². The van der Waals surface area contributed by atoms with Crippen LogP contribution in [-0.2, 0) is 16.6 Å². The summed E-state index contributed by atoms with van der Waals surface area (Å²) in [7, 11) is 1.49. The van der Waals surface area contributed by atoms with Crippen molar-refractivity contribution in [2.75, 3.05) is 50.1 Å². The van der Waals surface area contributed by atoms with E-state index in [1.54, 1.807) is 18.2 Å². The molecule has 0 atom stereocenters. The van der Waals surface area contributed by atoms with Crippen LogP contribution in [0.4, 0.5) is 26.1 Å². The highest BCUT2D eigenvalue weighted by Crippen LogP contribution is 2.31. The standard InChI is InChI=1S/C30H30F2N6O5/c1-3-27(39)34-21-6-8-25(42-12-4-9-38-10-13-41-14-11-38)23(17-21)35-30-33-18-19-15-26(29(40)37(2)28(19)36-30)43-24-7-5-20(31)16-22(24)32/h3,5-8,15-18H,1,4,9-14H2,2H3,(H,34,39)(H,33,35,36). The summed E-state index contributed by atoms with van der Waals surface area (Å²) in [6, 6.07) is 9.31. The van der Waals surface area contributed by atoms with Crippen molar-refractivity contribution in [3.05, 3.63) is 83.3 Å². The topological polar surface area (TPSA) is 120 Å². The van der Waals surface area contributed by atoms with E-state index < -0.39 is 17.2 Å². The first-order valence-corrected chi connectivity index (χ1v) is 13.6. The maximum atomic E-state index is 14.1. The minimum absolute atomic E-state index is 0.158. The van der Waals surface area contributed by atoms with Gasteiger partial charge in [0, 0.05) is 50.0 Å². The molecule has 4 aromatic rings. The molecule has 1 saturated heterocycles. The Hall–Kier alpha value is -4.88. The highest BCUT2D eigenvalue weighted by Gasteiger charge is 2.16. The molecule has 2 aromatic heterocycles. The van der Waals surface area contributed by atoms with E-state index in [0.29, 0.717) is 35.2 Å². The predicted octanol–water partition coefficient (Wildman–Crippen LogP) is 4.37. The smallest absolute Gasteiger partial charge is 0.294 e. The molecule has 0 aliphatic carbocycles. The van der Waals surface area contributed by atoms with Crippen molar-refractivity contribution in [1.82, 2.24) is 19.4 Å². The Balaban J connectivity index is 1.37. The second-order valence-corrected chi connectivity index (χ2v) is 9.71. The van der Waals surface area contributed by atoms with Crippen LogP contribution in [0.1, 0.15) is 6.42 Å². The van der Waals surface area contributed by atoms with Gasteiger partial charge in [0.25, 0.3) is 5.56 Å². The van der Waals surface area contributed by atoms with Gasteiger partial charge in [-0.2, -0.15) is 4.98 Å². The Morgan fingerprint density at radius 3 is 2.67 bits per heavy atom. The van der Waals surface area contributed by atoms with Gasteiger partial charge in [0.2, 0.25) is 11.9 Å². The number of aryl methyl sites for hydroxylation is 1. The zero-order valence-corrected chi connectivity index (χ0v) is 23.4. The highest BCUT2D eigenvalue weighted by atomic mass is 19.1. The fraction of sp³-hybridized carbons (Fsp3) is 0.267. The Bertz CT molecular complexity index is 1710. The second kappa shape index (κ2) is 13.4. The van der Waals surface area contributed by atoms with E-state index in [9.17, 15) is 18.4 Å². The number of pyridine rings is 1. The number of halogens is 2. The number of anilines is 3. The van der Waals surface area contributed by atoms with Gasteiger partial charge in [-0.15, -0.1) is 0 Å². The largest absolute Gasteiger partial charge is 0.491 e. The van der Waals surface area contributed by atoms with E-state index in [1.165, 1.54) is 30.0 Å². The minimum Gasteiger partial charge on any atom is -0.491 e. The molecule has 1 fully saturated rings. The minimum atomic E-state index is -0.941. The summed E-state index contributed by atoms with van der Waals surface area (Å²) in [6.45, 7) is 8.05. The van der Waals surface area contributed by atoms with Gasteiger partial charge in [0.15, 0.2) is 17.3 Å². The Morgan fingerprint density at radius 1 is 1.12 bits per heavy atom. The summed E-state index contributed by atoms with van der Waals surface area (Å²) < 4.78 is 45.6. The van der Waals surface area contributed by atoms with Crippen LogP contribution in [0.5, 0.6) is 17.2 Å². The van der Waals surface area contributed by atoms with Crippen LogP contribution in [-0.4, -0.2) is 64.8 Å². The quantitative estimate of drug-likeness (QED) is 0.193. The maximum Gasteiger partial charge on any atom is 0.294 e. The fourth-order valence-electron chi connectivity index (χ4n) is 4.47. The van der Waals surface area contributed by atoms with Crippen molar-refractivity contribution in [3.8, 4) is 17.2 Å². The average Bonchev–Trinajstić information content (AvgIpc) is 3.01. The molecule has 1 aliphatic rings. The Morgan fingerprint density at radius 2 is 1.91 bits per heavy atom. The average molecular weight is 593 g/mol. The van der Waals surface area contributed by atoms with Gasteiger partial charge in [0.05, 0.1) is 25.5 Å². The maximum absolute atomic E-state index is 14.1. The van der Waals surface area contributed by atoms with E-state index in [4.69, 9.17) is 14.2 Å². The number of ether oxygens (including phenoxy) is 3. The number of morpholine rings is 1. The van der Waals surface area contributed by atoms with Gasteiger partial charge in [-0.3, -0.25) is 19.1 Å². The Kier molecular flexibility index (Phi) is 9.23. The van der Waals surface area contributed by atoms with Crippen molar-refractivity contribution < 1.29 is 27.8 Å². The van der Waals surface area contributed by atoms with E-state index in [-0.39, 0.29) is 29.0 Å². The monoisotopic (exact) mass is 592 g/mol.